The van der Waals surface area contributed by atoms with E-state index in [1.807, 2.05) is 31.2 Å². The monoisotopic (exact) mass is 220 g/mol. The molecule has 3 heteroatoms. The van der Waals surface area contributed by atoms with Gasteiger partial charge < -0.3 is 11.1 Å². The van der Waals surface area contributed by atoms with Crippen LogP contribution in [0.15, 0.2) is 24.3 Å². The zero-order chi connectivity index (χ0) is 11.8. The maximum Gasteiger partial charge on any atom is 0.251 e. The summed E-state index contributed by atoms with van der Waals surface area (Å²) in [6, 6.07) is 7.60. The SMILES string of the molecule is Cc1ccc(C(=O)NCCCCCN)cc1. The largest absolute Gasteiger partial charge is 0.352 e. The molecule has 0 spiro atoms. The van der Waals surface area contributed by atoms with Crippen LogP contribution < -0.4 is 11.1 Å². The summed E-state index contributed by atoms with van der Waals surface area (Å²) in [6.07, 6.45) is 3.10. The Balaban J connectivity index is 2.27. The second kappa shape index (κ2) is 7.01. The van der Waals surface area contributed by atoms with Crippen molar-refractivity contribution in [3.05, 3.63) is 35.4 Å². The summed E-state index contributed by atoms with van der Waals surface area (Å²) in [5.41, 5.74) is 7.28. The highest BCUT2D eigenvalue weighted by Gasteiger charge is 2.02. The van der Waals surface area contributed by atoms with E-state index in [0.29, 0.717) is 0 Å². The first-order valence-electron chi connectivity index (χ1n) is 5.79. The molecule has 1 aromatic carbocycles. The lowest BCUT2D eigenvalue weighted by atomic mass is 10.1. The van der Waals surface area contributed by atoms with Crippen molar-refractivity contribution in [3.8, 4) is 0 Å². The van der Waals surface area contributed by atoms with Crippen LogP contribution >= 0.6 is 0 Å². The maximum atomic E-state index is 11.7. The smallest absolute Gasteiger partial charge is 0.251 e. The molecule has 0 aliphatic heterocycles. The second-order valence-corrected chi connectivity index (χ2v) is 3.97. The molecule has 0 fully saturated rings. The van der Waals surface area contributed by atoms with Gasteiger partial charge in [-0.2, -0.15) is 0 Å². The Morgan fingerprint density at radius 2 is 1.88 bits per heavy atom. The van der Waals surface area contributed by atoms with Gasteiger partial charge in [0.1, 0.15) is 0 Å². The molecule has 0 saturated heterocycles. The lowest BCUT2D eigenvalue weighted by molar-refractivity contribution is 0.0953. The van der Waals surface area contributed by atoms with Crippen molar-refractivity contribution in [2.75, 3.05) is 13.1 Å². The summed E-state index contributed by atoms with van der Waals surface area (Å²) >= 11 is 0. The van der Waals surface area contributed by atoms with E-state index in [2.05, 4.69) is 5.32 Å². The Hall–Kier alpha value is -1.35. The Kier molecular flexibility index (Phi) is 5.57. The van der Waals surface area contributed by atoms with Crippen LogP contribution in [0.4, 0.5) is 0 Å². The molecule has 0 atom stereocenters. The average molecular weight is 220 g/mol. The topological polar surface area (TPSA) is 55.1 Å². The third kappa shape index (κ3) is 4.45. The quantitative estimate of drug-likeness (QED) is 0.719. The molecule has 1 amide bonds. The minimum atomic E-state index is 0.00717. The number of carbonyl (C=O) groups excluding carboxylic acids is 1. The minimum absolute atomic E-state index is 0.00717. The number of benzene rings is 1. The number of hydrogen-bond donors (Lipinski definition) is 2. The molecule has 16 heavy (non-hydrogen) atoms. The van der Waals surface area contributed by atoms with Crippen molar-refractivity contribution in [1.82, 2.24) is 5.32 Å². The Bertz CT molecular complexity index is 319. The fraction of sp³-hybridized carbons (Fsp3) is 0.462. The van der Waals surface area contributed by atoms with Gasteiger partial charge in [-0.05, 0) is 38.4 Å². The third-order valence-corrected chi connectivity index (χ3v) is 2.48. The molecule has 1 rings (SSSR count). The predicted molar refractivity (Wildman–Crippen MR) is 66.4 cm³/mol. The Morgan fingerprint density at radius 3 is 2.50 bits per heavy atom. The van der Waals surface area contributed by atoms with E-state index >= 15 is 0 Å². The first-order valence-corrected chi connectivity index (χ1v) is 5.79. The van der Waals surface area contributed by atoms with E-state index < -0.39 is 0 Å². The van der Waals surface area contributed by atoms with Gasteiger partial charge in [0.25, 0.3) is 5.91 Å². The second-order valence-electron chi connectivity index (χ2n) is 3.97. The number of rotatable bonds is 6. The summed E-state index contributed by atoms with van der Waals surface area (Å²) in [5, 5.41) is 2.90. The van der Waals surface area contributed by atoms with Gasteiger partial charge >= 0.3 is 0 Å². The minimum Gasteiger partial charge on any atom is -0.352 e. The molecule has 88 valence electrons. The van der Waals surface area contributed by atoms with E-state index in [0.717, 1.165) is 37.9 Å². The van der Waals surface area contributed by atoms with Gasteiger partial charge in [0.05, 0.1) is 0 Å². The average Bonchev–Trinajstić information content (AvgIpc) is 2.29. The normalized spacial score (nSPS) is 10.1. The maximum absolute atomic E-state index is 11.7. The molecular weight excluding hydrogens is 200 g/mol. The van der Waals surface area contributed by atoms with E-state index in [9.17, 15) is 4.79 Å². The van der Waals surface area contributed by atoms with Gasteiger partial charge in [-0.1, -0.05) is 24.1 Å². The first-order chi connectivity index (χ1) is 7.74. The standard InChI is InChI=1S/C13H20N2O/c1-11-5-7-12(8-6-11)13(16)15-10-4-2-3-9-14/h5-8H,2-4,9-10,14H2,1H3,(H,15,16). The van der Waals surface area contributed by atoms with E-state index in [1.165, 1.54) is 5.56 Å². The lowest BCUT2D eigenvalue weighted by Crippen LogP contribution is -2.24. The number of unbranched alkanes of at least 4 members (excludes halogenated alkanes) is 2. The summed E-state index contributed by atoms with van der Waals surface area (Å²) in [5.74, 6) is 0.00717. The van der Waals surface area contributed by atoms with E-state index in [4.69, 9.17) is 5.73 Å². The number of nitrogens with two attached hydrogens (primary N) is 1. The van der Waals surface area contributed by atoms with E-state index in [1.54, 1.807) is 0 Å². The van der Waals surface area contributed by atoms with Gasteiger partial charge in [0, 0.05) is 12.1 Å². The molecule has 1 aromatic rings. The summed E-state index contributed by atoms with van der Waals surface area (Å²) in [6.45, 7) is 3.47. The third-order valence-electron chi connectivity index (χ3n) is 2.48. The Labute approximate surface area is 97.0 Å². The van der Waals surface area contributed by atoms with Crippen molar-refractivity contribution in [1.29, 1.82) is 0 Å². The van der Waals surface area contributed by atoms with Crippen LogP contribution in [-0.2, 0) is 0 Å². The summed E-state index contributed by atoms with van der Waals surface area (Å²) < 4.78 is 0. The zero-order valence-electron chi connectivity index (χ0n) is 9.83. The molecule has 0 bridgehead atoms. The van der Waals surface area contributed by atoms with Gasteiger partial charge in [-0.25, -0.2) is 0 Å². The van der Waals surface area contributed by atoms with Gasteiger partial charge in [-0.3, -0.25) is 4.79 Å². The number of aryl methyl sites for hydroxylation is 1. The van der Waals surface area contributed by atoms with Crippen LogP contribution in [0.5, 0.6) is 0 Å². The molecule has 3 N–H and O–H groups in total. The lowest BCUT2D eigenvalue weighted by Gasteiger charge is -2.05. The molecule has 0 radical (unpaired) electrons. The zero-order valence-corrected chi connectivity index (χ0v) is 9.83. The molecule has 0 heterocycles. The highest BCUT2D eigenvalue weighted by Crippen LogP contribution is 2.02. The number of hydrogen-bond acceptors (Lipinski definition) is 2. The highest BCUT2D eigenvalue weighted by atomic mass is 16.1. The molecule has 3 nitrogen and oxygen atoms in total. The van der Waals surface area contributed by atoms with Crippen LogP contribution in [0.25, 0.3) is 0 Å². The van der Waals surface area contributed by atoms with Crippen LogP contribution in [-0.4, -0.2) is 19.0 Å². The molecule has 0 saturated carbocycles. The van der Waals surface area contributed by atoms with Crippen LogP contribution in [0.2, 0.25) is 0 Å². The number of carbonyl (C=O) groups is 1. The fourth-order valence-electron chi connectivity index (χ4n) is 1.46. The van der Waals surface area contributed by atoms with Crippen molar-refractivity contribution in [2.45, 2.75) is 26.2 Å². The fourth-order valence-corrected chi connectivity index (χ4v) is 1.46. The van der Waals surface area contributed by atoms with Gasteiger partial charge in [-0.15, -0.1) is 0 Å². The van der Waals surface area contributed by atoms with Crippen molar-refractivity contribution >= 4 is 5.91 Å². The van der Waals surface area contributed by atoms with Crippen molar-refractivity contribution in [2.24, 2.45) is 5.73 Å². The van der Waals surface area contributed by atoms with Crippen molar-refractivity contribution < 1.29 is 4.79 Å². The molecule has 0 aliphatic carbocycles. The van der Waals surface area contributed by atoms with Crippen molar-refractivity contribution in [3.63, 3.8) is 0 Å². The van der Waals surface area contributed by atoms with Gasteiger partial charge in [0.2, 0.25) is 0 Å². The summed E-state index contributed by atoms with van der Waals surface area (Å²) in [7, 11) is 0. The molecule has 0 aromatic heterocycles. The summed E-state index contributed by atoms with van der Waals surface area (Å²) in [4.78, 5) is 11.7. The first kappa shape index (κ1) is 12.7. The number of amides is 1. The van der Waals surface area contributed by atoms with Crippen LogP contribution in [0.1, 0.15) is 35.2 Å². The number of nitrogens with one attached hydrogen (secondary N) is 1. The molecule has 0 aliphatic rings. The highest BCUT2D eigenvalue weighted by molar-refractivity contribution is 5.94. The van der Waals surface area contributed by atoms with E-state index in [-0.39, 0.29) is 5.91 Å². The molecular formula is C13H20N2O. The Morgan fingerprint density at radius 1 is 1.19 bits per heavy atom. The van der Waals surface area contributed by atoms with Crippen LogP contribution in [0.3, 0.4) is 0 Å². The van der Waals surface area contributed by atoms with Gasteiger partial charge in [0.15, 0.2) is 0 Å². The van der Waals surface area contributed by atoms with Crippen LogP contribution in [0, 0.1) is 6.92 Å². The molecule has 0 unspecified atom stereocenters. The predicted octanol–water partition coefficient (Wildman–Crippen LogP) is 1.85.